The van der Waals surface area contributed by atoms with Crippen LogP contribution in [-0.2, 0) is 16.6 Å². The minimum Gasteiger partial charge on any atom is -0.212 e. The van der Waals surface area contributed by atoms with Crippen molar-refractivity contribution in [2.24, 2.45) is 0 Å². The molecule has 0 aliphatic rings. The Bertz CT molecular complexity index is 459. The molecule has 0 atom stereocenters. The third-order valence-electron chi connectivity index (χ3n) is 2.21. The third kappa shape index (κ3) is 3.06. The summed E-state index contributed by atoms with van der Waals surface area (Å²) in [5, 5.41) is 1.96. The Morgan fingerprint density at radius 1 is 1.44 bits per heavy atom. The highest BCUT2D eigenvalue weighted by atomic mass is 79.9. The molecule has 0 unspecified atom stereocenters. The Labute approximate surface area is 110 Å². The Hall–Kier alpha value is 0.0900. The second-order valence-electron chi connectivity index (χ2n) is 4.63. The minimum absolute atomic E-state index is 0.418. The summed E-state index contributed by atoms with van der Waals surface area (Å²) in [7, 11) is -1.63. The first-order valence-corrected chi connectivity index (χ1v) is 7.94. The van der Waals surface area contributed by atoms with Gasteiger partial charge >= 0.3 is 0 Å². The summed E-state index contributed by atoms with van der Waals surface area (Å²) in [5.74, 6) is 0. The van der Waals surface area contributed by atoms with Gasteiger partial charge in [-0.15, -0.1) is 11.3 Å². The van der Waals surface area contributed by atoms with E-state index >= 15 is 0 Å². The largest absolute Gasteiger partial charge is 0.219 e. The smallest absolute Gasteiger partial charge is 0.212 e. The molecule has 1 aromatic rings. The molecule has 0 saturated carbocycles. The summed E-state index contributed by atoms with van der Waals surface area (Å²) >= 11 is 4.92. The van der Waals surface area contributed by atoms with E-state index in [0.29, 0.717) is 6.54 Å². The van der Waals surface area contributed by atoms with Crippen LogP contribution >= 0.6 is 27.3 Å². The van der Waals surface area contributed by atoms with Crippen LogP contribution in [0.4, 0.5) is 0 Å². The van der Waals surface area contributed by atoms with E-state index in [2.05, 4.69) is 15.9 Å². The van der Waals surface area contributed by atoms with Gasteiger partial charge in [-0.25, -0.2) is 12.7 Å². The zero-order valence-electron chi connectivity index (χ0n) is 9.82. The van der Waals surface area contributed by atoms with E-state index in [1.807, 2.05) is 11.4 Å². The van der Waals surface area contributed by atoms with Crippen molar-refractivity contribution in [3.05, 3.63) is 20.8 Å². The Morgan fingerprint density at radius 3 is 2.38 bits per heavy atom. The molecule has 1 aromatic heterocycles. The monoisotopic (exact) mass is 325 g/mol. The standard InChI is InChI=1S/C10H16BrNO2S2/c1-10(2,3)16(13,14)12(4)6-8-5-9(11)15-7-8/h5,7H,6H2,1-4H3. The molecule has 0 fully saturated rings. The van der Waals surface area contributed by atoms with E-state index in [9.17, 15) is 8.42 Å². The lowest BCUT2D eigenvalue weighted by molar-refractivity contribution is 0.442. The van der Waals surface area contributed by atoms with Crippen LogP contribution in [0.1, 0.15) is 26.3 Å². The average Bonchev–Trinajstić information content (AvgIpc) is 2.49. The molecule has 0 N–H and O–H groups in total. The lowest BCUT2D eigenvalue weighted by Crippen LogP contribution is -2.40. The first kappa shape index (κ1) is 14.2. The van der Waals surface area contributed by atoms with Crippen LogP contribution in [0, 0.1) is 0 Å². The van der Waals surface area contributed by atoms with Gasteiger partial charge in [-0.2, -0.15) is 0 Å². The van der Waals surface area contributed by atoms with Crippen LogP contribution in [0.3, 0.4) is 0 Å². The van der Waals surface area contributed by atoms with Crippen LogP contribution in [0.25, 0.3) is 0 Å². The third-order valence-corrected chi connectivity index (χ3v) is 6.26. The van der Waals surface area contributed by atoms with Crippen molar-refractivity contribution < 1.29 is 8.42 Å². The summed E-state index contributed by atoms with van der Waals surface area (Å²) in [4.78, 5) is 0. The fourth-order valence-electron chi connectivity index (χ4n) is 1.24. The molecule has 1 heterocycles. The van der Waals surface area contributed by atoms with Gasteiger partial charge in [0.1, 0.15) is 0 Å². The maximum atomic E-state index is 12.1. The van der Waals surface area contributed by atoms with Gasteiger partial charge < -0.3 is 0 Å². The topological polar surface area (TPSA) is 37.4 Å². The minimum atomic E-state index is -3.24. The van der Waals surface area contributed by atoms with E-state index in [-0.39, 0.29) is 0 Å². The van der Waals surface area contributed by atoms with Crippen molar-refractivity contribution in [1.82, 2.24) is 4.31 Å². The SMILES string of the molecule is CN(Cc1csc(Br)c1)S(=O)(=O)C(C)(C)C. The van der Waals surface area contributed by atoms with Gasteiger partial charge in [0.2, 0.25) is 10.0 Å². The van der Waals surface area contributed by atoms with E-state index < -0.39 is 14.8 Å². The molecule has 0 amide bonds. The van der Waals surface area contributed by atoms with Crippen LogP contribution in [0.5, 0.6) is 0 Å². The second-order valence-corrected chi connectivity index (χ2v) is 9.72. The lowest BCUT2D eigenvalue weighted by Gasteiger charge is -2.26. The number of thiophene rings is 1. The van der Waals surface area contributed by atoms with Gasteiger partial charge in [0, 0.05) is 13.6 Å². The molecule has 3 nitrogen and oxygen atoms in total. The summed E-state index contributed by atoms with van der Waals surface area (Å²) in [6.45, 7) is 5.55. The van der Waals surface area contributed by atoms with Crippen LogP contribution in [-0.4, -0.2) is 24.5 Å². The normalized spacial score (nSPS) is 13.4. The van der Waals surface area contributed by atoms with Gasteiger partial charge in [0.05, 0.1) is 8.53 Å². The van der Waals surface area contributed by atoms with Crippen LogP contribution < -0.4 is 0 Å². The average molecular weight is 326 g/mol. The number of sulfonamides is 1. The van der Waals surface area contributed by atoms with Gasteiger partial charge in [-0.1, -0.05) is 0 Å². The van der Waals surface area contributed by atoms with Gasteiger partial charge in [-0.3, -0.25) is 0 Å². The number of hydrogen-bond donors (Lipinski definition) is 0. The lowest BCUT2D eigenvalue weighted by atomic mass is 10.3. The number of rotatable bonds is 3. The Morgan fingerprint density at radius 2 is 2.00 bits per heavy atom. The number of halogens is 1. The number of nitrogens with zero attached hydrogens (tertiary/aromatic N) is 1. The zero-order valence-corrected chi connectivity index (χ0v) is 13.0. The molecule has 0 aliphatic heterocycles. The predicted molar refractivity (Wildman–Crippen MR) is 72.2 cm³/mol. The van der Waals surface area contributed by atoms with E-state index in [1.165, 1.54) is 4.31 Å². The van der Waals surface area contributed by atoms with Crippen molar-refractivity contribution in [3.63, 3.8) is 0 Å². The highest BCUT2D eigenvalue weighted by molar-refractivity contribution is 9.11. The van der Waals surface area contributed by atoms with Gasteiger partial charge in [0.15, 0.2) is 0 Å². The molecule has 0 aliphatic carbocycles. The molecule has 16 heavy (non-hydrogen) atoms. The molecule has 1 rings (SSSR count). The maximum absolute atomic E-state index is 12.1. The zero-order chi connectivity index (χ0) is 12.6. The highest BCUT2D eigenvalue weighted by Crippen LogP contribution is 2.24. The fraction of sp³-hybridized carbons (Fsp3) is 0.600. The predicted octanol–water partition coefficient (Wildman–Crippen LogP) is 3.07. The molecule has 0 aromatic carbocycles. The van der Waals surface area contributed by atoms with Crippen molar-refractivity contribution >= 4 is 37.3 Å². The Balaban J connectivity index is 2.85. The summed E-state index contributed by atoms with van der Waals surface area (Å²) < 4.78 is 25.8. The van der Waals surface area contributed by atoms with Gasteiger partial charge in [-0.05, 0) is 53.7 Å². The molecular weight excluding hydrogens is 310 g/mol. The van der Waals surface area contributed by atoms with E-state index in [1.54, 1.807) is 39.2 Å². The quantitative estimate of drug-likeness (QED) is 0.856. The van der Waals surface area contributed by atoms with Crippen molar-refractivity contribution in [2.75, 3.05) is 7.05 Å². The second kappa shape index (κ2) is 4.76. The first-order chi connectivity index (χ1) is 7.14. The first-order valence-electron chi connectivity index (χ1n) is 4.83. The molecular formula is C10H16BrNO2S2. The van der Waals surface area contributed by atoms with Crippen molar-refractivity contribution in [1.29, 1.82) is 0 Å². The fourth-order valence-corrected chi connectivity index (χ4v) is 3.69. The summed E-state index contributed by atoms with van der Waals surface area (Å²) in [5.41, 5.74) is 1.01. The van der Waals surface area contributed by atoms with Crippen LogP contribution in [0.15, 0.2) is 15.2 Å². The molecule has 0 bridgehead atoms. The van der Waals surface area contributed by atoms with Crippen LogP contribution in [0.2, 0.25) is 0 Å². The Kier molecular flexibility index (Phi) is 4.21. The summed E-state index contributed by atoms with van der Waals surface area (Å²) in [6.07, 6.45) is 0. The summed E-state index contributed by atoms with van der Waals surface area (Å²) in [6, 6.07) is 1.94. The molecule has 0 radical (unpaired) electrons. The molecule has 6 heteroatoms. The molecule has 0 spiro atoms. The molecule has 92 valence electrons. The number of hydrogen-bond acceptors (Lipinski definition) is 3. The van der Waals surface area contributed by atoms with Gasteiger partial charge in [0.25, 0.3) is 0 Å². The van der Waals surface area contributed by atoms with Crippen molar-refractivity contribution in [3.8, 4) is 0 Å². The van der Waals surface area contributed by atoms with E-state index in [0.717, 1.165) is 9.35 Å². The highest BCUT2D eigenvalue weighted by Gasteiger charge is 2.32. The van der Waals surface area contributed by atoms with E-state index in [4.69, 9.17) is 0 Å². The maximum Gasteiger partial charge on any atom is 0.219 e. The molecule has 0 saturated heterocycles. The van der Waals surface area contributed by atoms with Crippen molar-refractivity contribution in [2.45, 2.75) is 32.1 Å².